The SMILES string of the molecule is CC(C)CCNC(=O)c1cnc(N2CCN(C/C=C/c3ccccc3)CC2)nc1. The Morgan fingerprint density at radius 1 is 1.10 bits per heavy atom. The Balaban J connectivity index is 1.43. The topological polar surface area (TPSA) is 61.4 Å². The third-order valence-electron chi connectivity index (χ3n) is 5.04. The van der Waals surface area contributed by atoms with Gasteiger partial charge in [0.2, 0.25) is 5.95 Å². The van der Waals surface area contributed by atoms with Crippen LogP contribution in [0.1, 0.15) is 36.2 Å². The molecule has 0 aliphatic carbocycles. The van der Waals surface area contributed by atoms with Gasteiger partial charge in [-0.1, -0.05) is 56.3 Å². The lowest BCUT2D eigenvalue weighted by Gasteiger charge is -2.34. The lowest BCUT2D eigenvalue weighted by molar-refractivity contribution is 0.0951. The van der Waals surface area contributed by atoms with E-state index in [0.29, 0.717) is 24.0 Å². The molecule has 3 rings (SSSR count). The second kappa shape index (κ2) is 10.7. The van der Waals surface area contributed by atoms with Crippen LogP contribution in [0.2, 0.25) is 0 Å². The molecule has 1 fully saturated rings. The monoisotopic (exact) mass is 393 g/mol. The van der Waals surface area contributed by atoms with Gasteiger partial charge in [-0.3, -0.25) is 9.69 Å². The number of nitrogens with one attached hydrogen (secondary N) is 1. The van der Waals surface area contributed by atoms with Crippen molar-refractivity contribution in [1.82, 2.24) is 20.2 Å². The summed E-state index contributed by atoms with van der Waals surface area (Å²) in [5, 5.41) is 2.92. The average Bonchev–Trinajstić information content (AvgIpc) is 2.75. The number of hydrogen-bond donors (Lipinski definition) is 1. The zero-order valence-corrected chi connectivity index (χ0v) is 17.4. The Morgan fingerprint density at radius 2 is 1.79 bits per heavy atom. The van der Waals surface area contributed by atoms with Gasteiger partial charge >= 0.3 is 0 Å². The van der Waals surface area contributed by atoms with E-state index in [-0.39, 0.29) is 5.91 Å². The molecule has 154 valence electrons. The number of anilines is 1. The first kappa shape index (κ1) is 21.0. The van der Waals surface area contributed by atoms with E-state index in [0.717, 1.165) is 39.1 Å². The van der Waals surface area contributed by atoms with Crippen molar-refractivity contribution < 1.29 is 4.79 Å². The van der Waals surface area contributed by atoms with E-state index in [1.54, 1.807) is 12.4 Å². The van der Waals surface area contributed by atoms with Gasteiger partial charge in [0, 0.05) is 51.7 Å². The van der Waals surface area contributed by atoms with Crippen LogP contribution >= 0.6 is 0 Å². The van der Waals surface area contributed by atoms with Gasteiger partial charge < -0.3 is 10.2 Å². The highest BCUT2D eigenvalue weighted by Gasteiger charge is 2.18. The van der Waals surface area contributed by atoms with Gasteiger partial charge in [0.15, 0.2) is 0 Å². The van der Waals surface area contributed by atoms with Crippen LogP contribution in [0.3, 0.4) is 0 Å². The van der Waals surface area contributed by atoms with Crippen molar-refractivity contribution in [3.8, 4) is 0 Å². The van der Waals surface area contributed by atoms with Crippen molar-refractivity contribution in [1.29, 1.82) is 0 Å². The number of hydrogen-bond acceptors (Lipinski definition) is 5. The van der Waals surface area contributed by atoms with Gasteiger partial charge in [-0.25, -0.2) is 9.97 Å². The van der Waals surface area contributed by atoms with Crippen LogP contribution in [-0.2, 0) is 0 Å². The predicted molar refractivity (Wildman–Crippen MR) is 118 cm³/mol. The standard InChI is InChI=1S/C23H31N5O/c1-19(2)10-11-24-22(29)21-17-25-23(26-18-21)28-15-13-27(14-16-28)12-6-9-20-7-4-3-5-8-20/h3-9,17-19H,10-16H2,1-2H3,(H,24,29)/b9-6+. The summed E-state index contributed by atoms with van der Waals surface area (Å²) in [6.45, 7) is 9.63. The molecule has 2 heterocycles. The smallest absolute Gasteiger partial charge is 0.254 e. The van der Waals surface area contributed by atoms with Gasteiger partial charge in [0.25, 0.3) is 5.91 Å². The predicted octanol–water partition coefficient (Wildman–Crippen LogP) is 3.09. The van der Waals surface area contributed by atoms with E-state index in [1.165, 1.54) is 5.56 Å². The van der Waals surface area contributed by atoms with Crippen molar-refractivity contribution in [3.05, 3.63) is 59.9 Å². The molecular weight excluding hydrogens is 362 g/mol. The average molecular weight is 394 g/mol. The van der Waals surface area contributed by atoms with Gasteiger partial charge in [-0.05, 0) is 17.9 Å². The first-order valence-corrected chi connectivity index (χ1v) is 10.4. The first-order chi connectivity index (χ1) is 14.1. The van der Waals surface area contributed by atoms with Crippen LogP contribution in [0.5, 0.6) is 0 Å². The number of nitrogens with zero attached hydrogens (tertiary/aromatic N) is 4. The number of rotatable bonds is 8. The molecule has 1 aromatic carbocycles. The number of piperazine rings is 1. The van der Waals surface area contributed by atoms with E-state index in [9.17, 15) is 4.79 Å². The fourth-order valence-electron chi connectivity index (χ4n) is 3.21. The molecule has 1 saturated heterocycles. The Labute approximate surface area is 173 Å². The maximum Gasteiger partial charge on any atom is 0.254 e. The van der Waals surface area contributed by atoms with Crippen LogP contribution in [0.15, 0.2) is 48.8 Å². The van der Waals surface area contributed by atoms with E-state index in [4.69, 9.17) is 0 Å². The Hall–Kier alpha value is -2.73. The molecule has 1 aliphatic heterocycles. The summed E-state index contributed by atoms with van der Waals surface area (Å²) in [5.74, 6) is 1.16. The van der Waals surface area contributed by atoms with Crippen molar-refractivity contribution in [2.24, 2.45) is 5.92 Å². The Kier molecular flexibility index (Phi) is 7.76. The Bertz CT molecular complexity index is 781. The van der Waals surface area contributed by atoms with Crippen LogP contribution in [0.4, 0.5) is 5.95 Å². The molecule has 6 heteroatoms. The number of aromatic nitrogens is 2. The summed E-state index contributed by atoms with van der Waals surface area (Å²) in [5.41, 5.74) is 1.75. The second-order valence-corrected chi connectivity index (χ2v) is 7.81. The normalized spacial score (nSPS) is 15.2. The number of carbonyl (C=O) groups is 1. The fraction of sp³-hybridized carbons (Fsp3) is 0.435. The maximum absolute atomic E-state index is 12.1. The van der Waals surface area contributed by atoms with Crippen molar-refractivity contribution in [2.75, 3.05) is 44.2 Å². The second-order valence-electron chi connectivity index (χ2n) is 7.81. The van der Waals surface area contributed by atoms with Crippen molar-refractivity contribution in [3.63, 3.8) is 0 Å². The van der Waals surface area contributed by atoms with Gasteiger partial charge in [0.05, 0.1) is 5.56 Å². The summed E-state index contributed by atoms with van der Waals surface area (Å²) >= 11 is 0. The number of amides is 1. The van der Waals surface area contributed by atoms with E-state index in [2.05, 4.69) is 75.3 Å². The largest absolute Gasteiger partial charge is 0.352 e. The lowest BCUT2D eigenvalue weighted by Crippen LogP contribution is -2.47. The molecule has 1 aliphatic rings. The van der Waals surface area contributed by atoms with Crippen molar-refractivity contribution >= 4 is 17.9 Å². The molecule has 0 radical (unpaired) electrons. The minimum Gasteiger partial charge on any atom is -0.352 e. The van der Waals surface area contributed by atoms with Gasteiger partial charge in [0.1, 0.15) is 0 Å². The molecule has 0 bridgehead atoms. The molecule has 1 amide bonds. The minimum absolute atomic E-state index is 0.104. The van der Waals surface area contributed by atoms with Crippen LogP contribution in [0, 0.1) is 5.92 Å². The Morgan fingerprint density at radius 3 is 2.45 bits per heavy atom. The highest BCUT2D eigenvalue weighted by atomic mass is 16.1. The van der Waals surface area contributed by atoms with Crippen LogP contribution in [0.25, 0.3) is 6.08 Å². The van der Waals surface area contributed by atoms with Crippen LogP contribution in [-0.4, -0.2) is 60.0 Å². The summed E-state index contributed by atoms with van der Waals surface area (Å²) in [6.07, 6.45) is 8.61. The molecule has 1 N–H and O–H groups in total. The molecule has 0 unspecified atom stereocenters. The van der Waals surface area contributed by atoms with Gasteiger partial charge in [-0.2, -0.15) is 0 Å². The molecule has 29 heavy (non-hydrogen) atoms. The molecule has 0 saturated carbocycles. The van der Waals surface area contributed by atoms with Gasteiger partial charge in [-0.15, -0.1) is 0 Å². The summed E-state index contributed by atoms with van der Waals surface area (Å²) in [4.78, 5) is 25.6. The van der Waals surface area contributed by atoms with E-state index >= 15 is 0 Å². The lowest BCUT2D eigenvalue weighted by atomic mass is 10.1. The number of carbonyl (C=O) groups excluding carboxylic acids is 1. The molecule has 6 nitrogen and oxygen atoms in total. The third-order valence-corrected chi connectivity index (χ3v) is 5.04. The first-order valence-electron chi connectivity index (χ1n) is 10.4. The maximum atomic E-state index is 12.1. The quantitative estimate of drug-likeness (QED) is 0.747. The summed E-state index contributed by atoms with van der Waals surface area (Å²) in [6, 6.07) is 10.4. The van der Waals surface area contributed by atoms with Crippen LogP contribution < -0.4 is 10.2 Å². The third kappa shape index (κ3) is 6.68. The molecule has 2 aromatic rings. The molecule has 0 atom stereocenters. The number of benzene rings is 1. The molecule has 1 aromatic heterocycles. The van der Waals surface area contributed by atoms with E-state index in [1.807, 2.05) is 6.07 Å². The van der Waals surface area contributed by atoms with Crippen molar-refractivity contribution in [2.45, 2.75) is 20.3 Å². The molecular formula is C23H31N5O. The summed E-state index contributed by atoms with van der Waals surface area (Å²) in [7, 11) is 0. The fourth-order valence-corrected chi connectivity index (χ4v) is 3.21. The highest BCUT2D eigenvalue weighted by molar-refractivity contribution is 5.93. The summed E-state index contributed by atoms with van der Waals surface area (Å²) < 4.78 is 0. The minimum atomic E-state index is -0.104. The zero-order valence-electron chi connectivity index (χ0n) is 17.4. The molecule has 0 spiro atoms. The highest BCUT2D eigenvalue weighted by Crippen LogP contribution is 2.11. The van der Waals surface area contributed by atoms with E-state index < -0.39 is 0 Å². The zero-order chi connectivity index (χ0) is 20.5.